The molecule has 0 spiro atoms. The molecular formula is C16H24N2O6S. The van der Waals surface area contributed by atoms with Crippen molar-refractivity contribution < 1.29 is 27.8 Å². The van der Waals surface area contributed by atoms with Crippen LogP contribution in [-0.2, 0) is 19.6 Å². The van der Waals surface area contributed by atoms with E-state index in [0.29, 0.717) is 51.7 Å². The molecule has 140 valence electrons. The molecule has 1 aromatic rings. The third-order valence-corrected chi connectivity index (χ3v) is 5.79. The van der Waals surface area contributed by atoms with Crippen LogP contribution >= 0.6 is 0 Å². The summed E-state index contributed by atoms with van der Waals surface area (Å²) in [7, 11) is -1.67. The molecule has 2 rings (SSSR count). The Labute approximate surface area is 148 Å². The highest BCUT2D eigenvalue weighted by Crippen LogP contribution is 2.20. The maximum atomic E-state index is 12.5. The van der Waals surface area contributed by atoms with Gasteiger partial charge in [-0.1, -0.05) is 0 Å². The van der Waals surface area contributed by atoms with Crippen molar-refractivity contribution in [2.45, 2.75) is 11.3 Å². The Kier molecular flexibility index (Phi) is 7.18. The van der Waals surface area contributed by atoms with E-state index in [1.165, 1.54) is 16.4 Å². The van der Waals surface area contributed by atoms with Gasteiger partial charge in [0.2, 0.25) is 10.0 Å². The second kappa shape index (κ2) is 9.14. The third kappa shape index (κ3) is 5.96. The SMILES string of the molecule is CN(CCOc1ccc(S(=O)(=O)N2CCOCC2)cc1)CCC(=O)O. The fourth-order valence-electron chi connectivity index (χ4n) is 2.36. The maximum Gasteiger partial charge on any atom is 0.304 e. The lowest BCUT2D eigenvalue weighted by atomic mass is 10.3. The molecular weight excluding hydrogens is 348 g/mol. The van der Waals surface area contributed by atoms with Crippen molar-refractivity contribution in [2.24, 2.45) is 0 Å². The fourth-order valence-corrected chi connectivity index (χ4v) is 3.77. The van der Waals surface area contributed by atoms with Gasteiger partial charge in [-0.15, -0.1) is 0 Å². The van der Waals surface area contributed by atoms with Crippen LogP contribution in [0.1, 0.15) is 6.42 Å². The number of nitrogens with zero attached hydrogens (tertiary/aromatic N) is 2. The van der Waals surface area contributed by atoms with Crippen molar-refractivity contribution in [2.75, 3.05) is 53.0 Å². The van der Waals surface area contributed by atoms with E-state index in [4.69, 9.17) is 14.6 Å². The predicted octanol–water partition coefficient (Wildman–Crippen LogP) is 0.493. The van der Waals surface area contributed by atoms with Gasteiger partial charge in [-0.3, -0.25) is 4.79 Å². The molecule has 0 aliphatic carbocycles. The van der Waals surface area contributed by atoms with Crippen molar-refractivity contribution in [3.63, 3.8) is 0 Å². The summed E-state index contributed by atoms with van der Waals surface area (Å²) >= 11 is 0. The molecule has 0 radical (unpaired) electrons. The van der Waals surface area contributed by atoms with E-state index < -0.39 is 16.0 Å². The number of ether oxygens (including phenoxy) is 2. The molecule has 8 nitrogen and oxygen atoms in total. The molecule has 0 unspecified atom stereocenters. The summed E-state index contributed by atoms with van der Waals surface area (Å²) < 4.78 is 37.2. The van der Waals surface area contributed by atoms with E-state index in [1.54, 1.807) is 12.1 Å². The normalized spacial score (nSPS) is 16.1. The lowest BCUT2D eigenvalue weighted by Crippen LogP contribution is -2.40. The summed E-state index contributed by atoms with van der Waals surface area (Å²) in [6, 6.07) is 6.33. The smallest absolute Gasteiger partial charge is 0.304 e. The van der Waals surface area contributed by atoms with Crippen molar-refractivity contribution in [1.29, 1.82) is 0 Å². The Hall–Kier alpha value is -1.68. The van der Waals surface area contributed by atoms with E-state index in [9.17, 15) is 13.2 Å². The zero-order valence-corrected chi connectivity index (χ0v) is 15.1. The first-order valence-corrected chi connectivity index (χ1v) is 9.55. The Morgan fingerprint density at radius 2 is 1.88 bits per heavy atom. The number of sulfonamides is 1. The standard InChI is InChI=1S/C16H24N2O6S/c1-17(7-6-16(19)20)8-13-24-14-2-4-15(5-3-14)25(21,22)18-9-11-23-12-10-18/h2-5H,6-13H2,1H3,(H,19,20). The van der Waals surface area contributed by atoms with Crippen LogP contribution in [0.2, 0.25) is 0 Å². The molecule has 1 N–H and O–H groups in total. The van der Waals surface area contributed by atoms with Crippen LogP contribution in [-0.4, -0.2) is 81.7 Å². The molecule has 0 atom stereocenters. The molecule has 9 heteroatoms. The van der Waals surface area contributed by atoms with E-state index in [-0.39, 0.29) is 11.3 Å². The number of carbonyl (C=O) groups is 1. The average Bonchev–Trinajstić information content (AvgIpc) is 2.61. The number of morpholine rings is 1. The zero-order chi connectivity index (χ0) is 18.3. The number of hydrogen-bond acceptors (Lipinski definition) is 6. The highest BCUT2D eigenvalue weighted by Gasteiger charge is 2.26. The van der Waals surface area contributed by atoms with E-state index >= 15 is 0 Å². The molecule has 1 aliphatic heterocycles. The number of benzene rings is 1. The molecule has 0 amide bonds. The molecule has 1 aliphatic rings. The largest absolute Gasteiger partial charge is 0.492 e. The van der Waals surface area contributed by atoms with Gasteiger partial charge in [-0.25, -0.2) is 8.42 Å². The first-order valence-electron chi connectivity index (χ1n) is 8.10. The van der Waals surface area contributed by atoms with Crippen molar-refractivity contribution >= 4 is 16.0 Å². The zero-order valence-electron chi connectivity index (χ0n) is 14.3. The van der Waals surface area contributed by atoms with Gasteiger partial charge in [0.1, 0.15) is 12.4 Å². The van der Waals surface area contributed by atoms with Gasteiger partial charge >= 0.3 is 5.97 Å². The minimum atomic E-state index is -3.49. The summed E-state index contributed by atoms with van der Waals surface area (Å²) in [5.41, 5.74) is 0. The molecule has 1 fully saturated rings. The average molecular weight is 372 g/mol. The molecule has 0 aromatic heterocycles. The molecule has 0 saturated carbocycles. The number of carboxylic acids is 1. The second-order valence-corrected chi connectivity index (χ2v) is 7.72. The maximum absolute atomic E-state index is 12.5. The van der Waals surface area contributed by atoms with Gasteiger partial charge in [0.25, 0.3) is 0 Å². The quantitative estimate of drug-likeness (QED) is 0.674. The highest BCUT2D eigenvalue weighted by atomic mass is 32.2. The van der Waals surface area contributed by atoms with Crippen LogP contribution < -0.4 is 4.74 Å². The second-order valence-electron chi connectivity index (χ2n) is 5.78. The lowest BCUT2D eigenvalue weighted by molar-refractivity contribution is -0.137. The van der Waals surface area contributed by atoms with Gasteiger partial charge in [0.05, 0.1) is 24.5 Å². The third-order valence-electron chi connectivity index (χ3n) is 3.88. The van der Waals surface area contributed by atoms with Crippen LogP contribution in [0, 0.1) is 0 Å². The van der Waals surface area contributed by atoms with Crippen LogP contribution in [0.3, 0.4) is 0 Å². The first kappa shape index (κ1) is 19.6. The van der Waals surface area contributed by atoms with Gasteiger partial charge in [0, 0.05) is 26.2 Å². The highest BCUT2D eigenvalue weighted by molar-refractivity contribution is 7.89. The molecule has 0 bridgehead atoms. The summed E-state index contributed by atoms with van der Waals surface area (Å²) in [6.45, 7) is 2.99. The predicted molar refractivity (Wildman–Crippen MR) is 91.3 cm³/mol. The van der Waals surface area contributed by atoms with Crippen LogP contribution in [0.25, 0.3) is 0 Å². The number of carboxylic acid groups (broad SMARTS) is 1. The van der Waals surface area contributed by atoms with E-state index in [0.717, 1.165) is 0 Å². The number of likely N-dealkylation sites (N-methyl/N-ethyl adjacent to an activating group) is 1. The number of hydrogen-bond donors (Lipinski definition) is 1. The van der Waals surface area contributed by atoms with Crippen molar-refractivity contribution in [3.8, 4) is 5.75 Å². The fraction of sp³-hybridized carbons (Fsp3) is 0.562. The Morgan fingerprint density at radius 3 is 2.48 bits per heavy atom. The minimum Gasteiger partial charge on any atom is -0.492 e. The van der Waals surface area contributed by atoms with Gasteiger partial charge < -0.3 is 19.5 Å². The lowest BCUT2D eigenvalue weighted by Gasteiger charge is -2.26. The van der Waals surface area contributed by atoms with E-state index in [1.807, 2.05) is 11.9 Å². The summed E-state index contributed by atoms with van der Waals surface area (Å²) in [5, 5.41) is 8.63. The Morgan fingerprint density at radius 1 is 1.24 bits per heavy atom. The van der Waals surface area contributed by atoms with E-state index in [2.05, 4.69) is 0 Å². The Balaban J connectivity index is 1.84. The number of rotatable bonds is 9. The van der Waals surface area contributed by atoms with Crippen molar-refractivity contribution in [1.82, 2.24) is 9.21 Å². The molecule has 1 aromatic carbocycles. The Bertz CT molecular complexity index is 656. The van der Waals surface area contributed by atoms with Crippen LogP contribution in [0.4, 0.5) is 0 Å². The monoisotopic (exact) mass is 372 g/mol. The molecule has 25 heavy (non-hydrogen) atoms. The van der Waals surface area contributed by atoms with Crippen molar-refractivity contribution in [3.05, 3.63) is 24.3 Å². The first-order chi connectivity index (χ1) is 11.9. The van der Waals surface area contributed by atoms with Gasteiger partial charge in [0.15, 0.2) is 0 Å². The summed E-state index contributed by atoms with van der Waals surface area (Å²) in [4.78, 5) is 12.6. The topological polar surface area (TPSA) is 96.4 Å². The van der Waals surface area contributed by atoms with Crippen LogP contribution in [0.5, 0.6) is 5.75 Å². The number of aliphatic carboxylic acids is 1. The van der Waals surface area contributed by atoms with Gasteiger partial charge in [-0.2, -0.15) is 4.31 Å². The van der Waals surface area contributed by atoms with Crippen LogP contribution in [0.15, 0.2) is 29.2 Å². The molecule has 1 saturated heterocycles. The van der Waals surface area contributed by atoms with Gasteiger partial charge in [-0.05, 0) is 31.3 Å². The molecule has 1 heterocycles. The summed E-state index contributed by atoms with van der Waals surface area (Å²) in [6.07, 6.45) is 0.0879. The summed E-state index contributed by atoms with van der Waals surface area (Å²) in [5.74, 6) is -0.252. The minimum absolute atomic E-state index is 0.0879.